The van der Waals surface area contributed by atoms with Gasteiger partial charge in [-0.1, -0.05) is 13.8 Å². The van der Waals surface area contributed by atoms with E-state index in [0.29, 0.717) is 5.92 Å². The third-order valence-electron chi connectivity index (χ3n) is 2.29. The zero-order valence-corrected chi connectivity index (χ0v) is 6.73. The molecular formula is C8H16FN. The fraction of sp³-hybridized carbons (Fsp3) is 1.00. The lowest BCUT2D eigenvalue weighted by Crippen LogP contribution is -2.40. The summed E-state index contributed by atoms with van der Waals surface area (Å²) in [7, 11) is 0. The van der Waals surface area contributed by atoms with Crippen LogP contribution < -0.4 is 5.32 Å². The third kappa shape index (κ3) is 1.69. The molecule has 2 heteroatoms. The number of alkyl halides is 1. The Kier molecular flexibility index (Phi) is 2.66. The van der Waals surface area contributed by atoms with Crippen LogP contribution in [0.3, 0.4) is 0 Å². The Morgan fingerprint density at radius 1 is 1.50 bits per heavy atom. The van der Waals surface area contributed by atoms with Gasteiger partial charge in [-0.15, -0.1) is 0 Å². The van der Waals surface area contributed by atoms with Crippen molar-refractivity contribution in [3.63, 3.8) is 0 Å². The Morgan fingerprint density at radius 2 is 2.20 bits per heavy atom. The second-order valence-electron chi connectivity index (χ2n) is 3.41. The van der Waals surface area contributed by atoms with Crippen LogP contribution in [0.15, 0.2) is 0 Å². The highest BCUT2D eigenvalue weighted by molar-refractivity contribution is 4.75. The minimum Gasteiger partial charge on any atom is -0.288 e. The molecule has 1 heterocycles. The van der Waals surface area contributed by atoms with Crippen LogP contribution in [0.4, 0.5) is 4.39 Å². The van der Waals surface area contributed by atoms with E-state index in [4.69, 9.17) is 0 Å². The number of nitrogens with one attached hydrogen (secondary N) is 1. The Hall–Kier alpha value is -0.110. The molecule has 1 N–H and O–H groups in total. The molecule has 0 aliphatic carbocycles. The van der Waals surface area contributed by atoms with E-state index in [1.165, 1.54) is 0 Å². The monoisotopic (exact) mass is 145 g/mol. The second kappa shape index (κ2) is 3.33. The van der Waals surface area contributed by atoms with Gasteiger partial charge in [-0.2, -0.15) is 0 Å². The highest BCUT2D eigenvalue weighted by Crippen LogP contribution is 2.24. The summed E-state index contributed by atoms with van der Waals surface area (Å²) in [6.45, 7) is 5.03. The summed E-state index contributed by atoms with van der Waals surface area (Å²) in [6.07, 6.45) is 1.42. The Labute approximate surface area is 62.0 Å². The molecule has 0 amide bonds. The summed E-state index contributed by atoms with van der Waals surface area (Å²) in [5, 5.41) is 2.85. The van der Waals surface area contributed by atoms with Crippen LogP contribution in [-0.4, -0.2) is 12.8 Å². The van der Waals surface area contributed by atoms with Crippen molar-refractivity contribution in [1.29, 1.82) is 0 Å². The van der Waals surface area contributed by atoms with Gasteiger partial charge in [-0.3, -0.25) is 5.32 Å². The van der Waals surface area contributed by atoms with Crippen LogP contribution in [0.5, 0.6) is 0 Å². The normalized spacial score (nSPS) is 34.8. The molecule has 0 aromatic heterocycles. The topological polar surface area (TPSA) is 12.0 Å². The van der Waals surface area contributed by atoms with Gasteiger partial charge in [0.05, 0.1) is 0 Å². The van der Waals surface area contributed by atoms with Crippen LogP contribution in [-0.2, 0) is 0 Å². The van der Waals surface area contributed by atoms with Gasteiger partial charge in [-0.25, -0.2) is 4.39 Å². The first-order chi connectivity index (χ1) is 4.72. The SMILES string of the molecule is CC(C)C1CCCNC1F. The standard InChI is InChI=1S/C8H16FN/c1-6(2)7-4-3-5-10-8(7)9/h6-8,10H,3-5H2,1-2H3. The van der Waals surface area contributed by atoms with Crippen molar-refractivity contribution in [1.82, 2.24) is 5.32 Å². The summed E-state index contributed by atoms with van der Waals surface area (Å²) in [5.74, 6) is 0.719. The minimum absolute atomic E-state index is 0.244. The van der Waals surface area contributed by atoms with E-state index in [1.54, 1.807) is 0 Å². The van der Waals surface area contributed by atoms with Gasteiger partial charge in [0.15, 0.2) is 6.30 Å². The van der Waals surface area contributed by atoms with Gasteiger partial charge < -0.3 is 0 Å². The van der Waals surface area contributed by atoms with Gasteiger partial charge in [0.25, 0.3) is 0 Å². The average Bonchev–Trinajstić information content (AvgIpc) is 1.88. The molecule has 1 fully saturated rings. The molecule has 1 aliphatic rings. The predicted molar refractivity (Wildman–Crippen MR) is 40.5 cm³/mol. The highest BCUT2D eigenvalue weighted by atomic mass is 19.1. The lowest BCUT2D eigenvalue weighted by Gasteiger charge is -2.29. The molecule has 10 heavy (non-hydrogen) atoms. The second-order valence-corrected chi connectivity index (χ2v) is 3.41. The van der Waals surface area contributed by atoms with E-state index in [1.807, 2.05) is 0 Å². The summed E-state index contributed by atoms with van der Waals surface area (Å²) in [5.41, 5.74) is 0. The first kappa shape index (κ1) is 7.99. The van der Waals surface area contributed by atoms with Crippen molar-refractivity contribution in [2.24, 2.45) is 11.8 Å². The molecule has 1 saturated heterocycles. The molecule has 1 nitrogen and oxygen atoms in total. The van der Waals surface area contributed by atoms with E-state index in [0.717, 1.165) is 19.4 Å². The highest BCUT2D eigenvalue weighted by Gasteiger charge is 2.26. The third-order valence-corrected chi connectivity index (χ3v) is 2.29. The quantitative estimate of drug-likeness (QED) is 0.556. The summed E-state index contributed by atoms with van der Waals surface area (Å²) in [6, 6.07) is 0. The van der Waals surface area contributed by atoms with Crippen molar-refractivity contribution >= 4 is 0 Å². The minimum atomic E-state index is -0.756. The van der Waals surface area contributed by atoms with Crippen molar-refractivity contribution in [3.8, 4) is 0 Å². The smallest absolute Gasteiger partial charge is 0.154 e. The molecule has 1 aliphatic heterocycles. The van der Waals surface area contributed by atoms with Gasteiger partial charge in [0.1, 0.15) is 0 Å². The van der Waals surface area contributed by atoms with Crippen molar-refractivity contribution in [2.45, 2.75) is 33.0 Å². The lowest BCUT2D eigenvalue weighted by molar-refractivity contribution is 0.107. The number of halogens is 1. The molecule has 0 saturated carbocycles. The number of rotatable bonds is 1. The lowest BCUT2D eigenvalue weighted by atomic mass is 9.88. The fourth-order valence-electron chi connectivity index (χ4n) is 1.55. The van der Waals surface area contributed by atoms with Crippen LogP contribution in [0.2, 0.25) is 0 Å². The van der Waals surface area contributed by atoms with Crippen LogP contribution in [0.1, 0.15) is 26.7 Å². The van der Waals surface area contributed by atoms with Crippen molar-refractivity contribution in [3.05, 3.63) is 0 Å². The molecule has 0 bridgehead atoms. The van der Waals surface area contributed by atoms with Gasteiger partial charge >= 0.3 is 0 Å². The largest absolute Gasteiger partial charge is 0.288 e. The van der Waals surface area contributed by atoms with Gasteiger partial charge in [-0.05, 0) is 25.3 Å². The summed E-state index contributed by atoms with van der Waals surface area (Å²) >= 11 is 0. The maximum absolute atomic E-state index is 13.0. The average molecular weight is 145 g/mol. The van der Waals surface area contributed by atoms with E-state index in [9.17, 15) is 4.39 Å². The molecule has 1 rings (SSSR count). The fourth-order valence-corrected chi connectivity index (χ4v) is 1.55. The zero-order chi connectivity index (χ0) is 7.56. The van der Waals surface area contributed by atoms with E-state index < -0.39 is 6.30 Å². The van der Waals surface area contributed by atoms with E-state index >= 15 is 0 Å². The Bertz CT molecular complexity index is 103. The van der Waals surface area contributed by atoms with Crippen LogP contribution in [0, 0.1) is 11.8 Å². The molecule has 60 valence electrons. The zero-order valence-electron chi connectivity index (χ0n) is 6.73. The van der Waals surface area contributed by atoms with Crippen LogP contribution in [0.25, 0.3) is 0 Å². The molecule has 2 unspecified atom stereocenters. The summed E-state index contributed by atoms with van der Waals surface area (Å²) in [4.78, 5) is 0. The molecule has 2 atom stereocenters. The Balaban J connectivity index is 2.40. The molecular weight excluding hydrogens is 129 g/mol. The number of hydrogen-bond donors (Lipinski definition) is 1. The molecule has 0 spiro atoms. The first-order valence-corrected chi connectivity index (χ1v) is 4.09. The van der Waals surface area contributed by atoms with E-state index in [-0.39, 0.29) is 5.92 Å². The van der Waals surface area contributed by atoms with Crippen LogP contribution >= 0.6 is 0 Å². The van der Waals surface area contributed by atoms with Gasteiger partial charge in [0, 0.05) is 5.92 Å². The number of piperidine rings is 1. The first-order valence-electron chi connectivity index (χ1n) is 4.09. The molecule has 0 radical (unpaired) electrons. The molecule has 0 aromatic carbocycles. The van der Waals surface area contributed by atoms with E-state index in [2.05, 4.69) is 19.2 Å². The maximum atomic E-state index is 13.0. The maximum Gasteiger partial charge on any atom is 0.154 e. The van der Waals surface area contributed by atoms with Crippen molar-refractivity contribution in [2.75, 3.05) is 6.54 Å². The predicted octanol–water partition coefficient (Wildman–Crippen LogP) is 1.94. The van der Waals surface area contributed by atoms with Crippen molar-refractivity contribution < 1.29 is 4.39 Å². The van der Waals surface area contributed by atoms with Gasteiger partial charge in [0.2, 0.25) is 0 Å². The Morgan fingerprint density at radius 3 is 2.60 bits per heavy atom. The molecule has 0 aromatic rings. The number of hydrogen-bond acceptors (Lipinski definition) is 1. The summed E-state index contributed by atoms with van der Waals surface area (Å²) < 4.78 is 13.0.